The maximum Gasteiger partial charge on any atom is 0.340 e. The molecule has 0 aliphatic rings. The van der Waals surface area contributed by atoms with Crippen LogP contribution in [0, 0.1) is 0 Å². The second kappa shape index (κ2) is 3.36. The van der Waals surface area contributed by atoms with Gasteiger partial charge in [0.25, 0.3) is 0 Å². The highest BCUT2D eigenvalue weighted by Gasteiger charge is 2.31. The van der Waals surface area contributed by atoms with E-state index in [1.165, 1.54) is 31.2 Å². The summed E-state index contributed by atoms with van der Waals surface area (Å²) < 4.78 is 0. The third kappa shape index (κ3) is 1.99. The standard InChI is InChI=1S/C9H9ClO3/c1-9(13,8(11)12)6-2-4-7(10)5-3-6/h2-5,13H,1H3,(H,11,12)/t9-/m1/s1. The number of aliphatic carboxylic acids is 1. The molecule has 3 nitrogen and oxygen atoms in total. The molecule has 0 saturated carbocycles. The van der Waals surface area contributed by atoms with E-state index in [0.717, 1.165) is 0 Å². The second-order valence-electron chi connectivity index (χ2n) is 2.88. The molecule has 0 fully saturated rings. The molecule has 0 aliphatic carbocycles. The first-order chi connectivity index (χ1) is 5.94. The molecule has 0 saturated heterocycles. The predicted molar refractivity (Wildman–Crippen MR) is 48.7 cm³/mol. The fourth-order valence-electron chi connectivity index (χ4n) is 0.898. The zero-order valence-electron chi connectivity index (χ0n) is 6.99. The normalized spacial score (nSPS) is 15.0. The SMILES string of the molecule is C[C@](O)(C(=O)O)c1ccc(Cl)cc1. The first-order valence-corrected chi connectivity index (χ1v) is 4.04. The summed E-state index contributed by atoms with van der Waals surface area (Å²) in [5.41, 5.74) is -1.55. The Bertz CT molecular complexity index is 316. The van der Waals surface area contributed by atoms with E-state index in [2.05, 4.69) is 0 Å². The topological polar surface area (TPSA) is 57.5 Å². The quantitative estimate of drug-likeness (QED) is 0.763. The first kappa shape index (κ1) is 10.0. The highest BCUT2D eigenvalue weighted by Crippen LogP contribution is 2.22. The van der Waals surface area contributed by atoms with Crippen LogP contribution < -0.4 is 0 Å². The Kier molecular flexibility index (Phi) is 2.59. The largest absolute Gasteiger partial charge is 0.479 e. The summed E-state index contributed by atoms with van der Waals surface area (Å²) in [6.45, 7) is 1.22. The van der Waals surface area contributed by atoms with Gasteiger partial charge in [-0.1, -0.05) is 23.7 Å². The molecule has 70 valence electrons. The van der Waals surface area contributed by atoms with Crippen LogP contribution in [0.15, 0.2) is 24.3 Å². The van der Waals surface area contributed by atoms with Crippen LogP contribution >= 0.6 is 11.6 Å². The maximum atomic E-state index is 10.6. The number of carboxylic acids is 1. The molecule has 0 amide bonds. The summed E-state index contributed by atoms with van der Waals surface area (Å²) in [4.78, 5) is 10.6. The van der Waals surface area contributed by atoms with E-state index in [1.54, 1.807) is 0 Å². The summed E-state index contributed by atoms with van der Waals surface area (Å²) in [7, 11) is 0. The Morgan fingerprint density at radius 1 is 1.38 bits per heavy atom. The lowest BCUT2D eigenvalue weighted by molar-refractivity contribution is -0.157. The van der Waals surface area contributed by atoms with Gasteiger partial charge in [-0.2, -0.15) is 0 Å². The highest BCUT2D eigenvalue weighted by molar-refractivity contribution is 6.30. The molecule has 0 aliphatic heterocycles. The molecule has 1 aromatic carbocycles. The summed E-state index contributed by atoms with van der Waals surface area (Å²) in [6.07, 6.45) is 0. The third-order valence-corrected chi connectivity index (χ3v) is 2.07. The van der Waals surface area contributed by atoms with Crippen molar-refractivity contribution < 1.29 is 15.0 Å². The lowest BCUT2D eigenvalue weighted by Gasteiger charge is -2.17. The van der Waals surface area contributed by atoms with Gasteiger partial charge in [0, 0.05) is 5.02 Å². The summed E-state index contributed by atoms with van der Waals surface area (Å²) in [5.74, 6) is -1.28. The van der Waals surface area contributed by atoms with Crippen molar-refractivity contribution in [3.8, 4) is 0 Å². The Balaban J connectivity index is 3.08. The lowest BCUT2D eigenvalue weighted by Crippen LogP contribution is -2.31. The molecule has 0 unspecified atom stereocenters. The van der Waals surface area contributed by atoms with Crippen molar-refractivity contribution in [3.05, 3.63) is 34.9 Å². The Labute approximate surface area is 80.6 Å². The number of benzene rings is 1. The molecule has 13 heavy (non-hydrogen) atoms. The van der Waals surface area contributed by atoms with Crippen molar-refractivity contribution in [1.82, 2.24) is 0 Å². The molecule has 4 heteroatoms. The van der Waals surface area contributed by atoms with E-state index in [4.69, 9.17) is 16.7 Å². The lowest BCUT2D eigenvalue weighted by atomic mass is 9.97. The maximum absolute atomic E-state index is 10.6. The molecule has 1 rings (SSSR count). The highest BCUT2D eigenvalue weighted by atomic mass is 35.5. The number of carbonyl (C=O) groups is 1. The third-order valence-electron chi connectivity index (χ3n) is 1.82. The van der Waals surface area contributed by atoms with Gasteiger partial charge < -0.3 is 10.2 Å². The number of aliphatic hydroxyl groups is 1. The van der Waals surface area contributed by atoms with Gasteiger partial charge in [-0.15, -0.1) is 0 Å². The number of halogens is 1. The van der Waals surface area contributed by atoms with E-state index >= 15 is 0 Å². The summed E-state index contributed by atoms with van der Waals surface area (Å²) in [5, 5.41) is 18.7. The minimum Gasteiger partial charge on any atom is -0.479 e. The van der Waals surface area contributed by atoms with Gasteiger partial charge in [-0.3, -0.25) is 0 Å². The van der Waals surface area contributed by atoms with Gasteiger partial charge in [-0.25, -0.2) is 4.79 Å². The molecular formula is C9H9ClO3. The zero-order valence-corrected chi connectivity index (χ0v) is 7.75. The van der Waals surface area contributed by atoms with E-state index in [-0.39, 0.29) is 0 Å². The minimum absolute atomic E-state index is 0.310. The Hall–Kier alpha value is -1.06. The fourth-order valence-corrected chi connectivity index (χ4v) is 1.02. The van der Waals surface area contributed by atoms with Crippen LogP contribution in [0.1, 0.15) is 12.5 Å². The van der Waals surface area contributed by atoms with Crippen LogP contribution in [-0.2, 0) is 10.4 Å². The van der Waals surface area contributed by atoms with Gasteiger partial charge >= 0.3 is 5.97 Å². The minimum atomic E-state index is -1.86. The monoisotopic (exact) mass is 200 g/mol. The number of hydrogen-bond donors (Lipinski definition) is 2. The molecule has 2 N–H and O–H groups in total. The number of rotatable bonds is 2. The number of hydrogen-bond acceptors (Lipinski definition) is 2. The van der Waals surface area contributed by atoms with Crippen LogP contribution in [0.25, 0.3) is 0 Å². The smallest absolute Gasteiger partial charge is 0.340 e. The fraction of sp³-hybridized carbons (Fsp3) is 0.222. The van der Waals surface area contributed by atoms with E-state index in [9.17, 15) is 9.90 Å². The van der Waals surface area contributed by atoms with Crippen LogP contribution in [0.5, 0.6) is 0 Å². The van der Waals surface area contributed by atoms with Crippen molar-refractivity contribution in [3.63, 3.8) is 0 Å². The van der Waals surface area contributed by atoms with Crippen molar-refractivity contribution in [2.45, 2.75) is 12.5 Å². The van der Waals surface area contributed by atoms with Crippen LogP contribution in [-0.4, -0.2) is 16.2 Å². The van der Waals surface area contributed by atoms with Gasteiger partial charge in [0.15, 0.2) is 5.60 Å². The van der Waals surface area contributed by atoms with Crippen LogP contribution in [0.3, 0.4) is 0 Å². The van der Waals surface area contributed by atoms with Crippen molar-refractivity contribution in [1.29, 1.82) is 0 Å². The molecule has 0 aromatic heterocycles. The average Bonchev–Trinajstić information content (AvgIpc) is 2.04. The molecule has 0 radical (unpaired) electrons. The molecule has 0 bridgehead atoms. The van der Waals surface area contributed by atoms with Crippen LogP contribution in [0.4, 0.5) is 0 Å². The Morgan fingerprint density at radius 3 is 2.23 bits per heavy atom. The zero-order chi connectivity index (χ0) is 10.1. The van der Waals surface area contributed by atoms with E-state index in [0.29, 0.717) is 10.6 Å². The van der Waals surface area contributed by atoms with Crippen molar-refractivity contribution in [2.75, 3.05) is 0 Å². The molecule has 1 atom stereocenters. The summed E-state index contributed by atoms with van der Waals surface area (Å²) >= 11 is 5.61. The van der Waals surface area contributed by atoms with E-state index in [1.807, 2.05) is 0 Å². The Morgan fingerprint density at radius 2 is 1.85 bits per heavy atom. The van der Waals surface area contributed by atoms with Gasteiger partial charge in [0.1, 0.15) is 0 Å². The molecule has 0 heterocycles. The molecular weight excluding hydrogens is 192 g/mol. The van der Waals surface area contributed by atoms with Gasteiger partial charge in [-0.05, 0) is 24.6 Å². The first-order valence-electron chi connectivity index (χ1n) is 3.66. The second-order valence-corrected chi connectivity index (χ2v) is 3.32. The predicted octanol–water partition coefficient (Wildman–Crippen LogP) is 1.63. The average molecular weight is 201 g/mol. The van der Waals surface area contributed by atoms with Gasteiger partial charge in [0.05, 0.1) is 0 Å². The van der Waals surface area contributed by atoms with Crippen molar-refractivity contribution in [2.24, 2.45) is 0 Å². The molecule has 0 spiro atoms. The van der Waals surface area contributed by atoms with Gasteiger partial charge in [0.2, 0.25) is 0 Å². The van der Waals surface area contributed by atoms with Crippen molar-refractivity contribution >= 4 is 17.6 Å². The van der Waals surface area contributed by atoms with E-state index < -0.39 is 11.6 Å². The van der Waals surface area contributed by atoms with Crippen LogP contribution in [0.2, 0.25) is 5.02 Å². The number of carboxylic acid groups (broad SMARTS) is 1. The summed E-state index contributed by atoms with van der Waals surface area (Å²) in [6, 6.07) is 6.04. The molecule has 1 aromatic rings.